The Hall–Kier alpha value is -3.23. The maximum Gasteiger partial charge on any atom is 0.131 e. The Bertz CT molecular complexity index is 1340. The van der Waals surface area contributed by atoms with Crippen LogP contribution in [0.25, 0.3) is 11.1 Å². The van der Waals surface area contributed by atoms with Crippen molar-refractivity contribution in [2.24, 2.45) is 4.99 Å². The van der Waals surface area contributed by atoms with Gasteiger partial charge in [0.1, 0.15) is 5.75 Å². The van der Waals surface area contributed by atoms with Crippen LogP contribution < -0.4 is 4.74 Å². The van der Waals surface area contributed by atoms with Gasteiger partial charge in [-0.25, -0.2) is 4.99 Å². The summed E-state index contributed by atoms with van der Waals surface area (Å²) in [6.45, 7) is 4.50. The number of nitrogens with zero attached hydrogens (tertiary/aromatic N) is 1. The first-order chi connectivity index (χ1) is 16.8. The molecule has 0 saturated carbocycles. The first-order valence-corrected chi connectivity index (χ1v) is 12.1. The van der Waals surface area contributed by atoms with Gasteiger partial charge in [0.05, 0.1) is 38.7 Å². The van der Waals surface area contributed by atoms with Crippen LogP contribution >= 0.6 is 11.6 Å². The molecule has 0 atom stereocenters. The first kappa shape index (κ1) is 23.5. The van der Waals surface area contributed by atoms with Crippen molar-refractivity contribution in [3.63, 3.8) is 0 Å². The number of aliphatic imine (C=N–C) groups is 1. The van der Waals surface area contributed by atoms with E-state index in [1.54, 1.807) is 0 Å². The van der Waals surface area contributed by atoms with E-state index in [9.17, 15) is 0 Å². The number of hydrogen-bond donors (Lipinski definition) is 0. The molecular weight excluding hydrogens is 447 g/mol. The lowest BCUT2D eigenvalue weighted by Gasteiger charge is -2.20. The molecule has 0 saturated heterocycles. The highest BCUT2D eigenvalue weighted by atomic mass is 35.5. The quantitative estimate of drug-likeness (QED) is 0.223. The number of halogens is 1. The van der Waals surface area contributed by atoms with Gasteiger partial charge in [0.2, 0.25) is 0 Å². The Morgan fingerprint density at radius 2 is 1.46 bits per heavy atom. The van der Waals surface area contributed by atoms with Crippen LogP contribution in [0.15, 0.2) is 96.0 Å². The SMILES string of the molecule is [B]C1([B])COc2c(-c3ccc(C(C)C)cc3)cc(N=C(c3ccccc3)c3ccccc3)c(Cl)c21. The van der Waals surface area contributed by atoms with Crippen molar-refractivity contribution in [1.29, 1.82) is 0 Å². The van der Waals surface area contributed by atoms with E-state index in [2.05, 4.69) is 38.1 Å². The molecular formula is C30H24B2ClNO. The van der Waals surface area contributed by atoms with E-state index in [0.29, 0.717) is 27.9 Å². The predicted molar refractivity (Wildman–Crippen MR) is 148 cm³/mol. The molecule has 5 heteroatoms. The first-order valence-electron chi connectivity index (χ1n) is 11.7. The average molecular weight is 472 g/mol. The molecule has 0 unspecified atom stereocenters. The third-order valence-electron chi connectivity index (χ3n) is 6.33. The minimum atomic E-state index is -1.20. The Kier molecular flexibility index (Phi) is 6.34. The highest BCUT2D eigenvalue weighted by Crippen LogP contribution is 2.50. The van der Waals surface area contributed by atoms with Gasteiger partial charge in [0.15, 0.2) is 0 Å². The molecule has 1 heterocycles. The molecule has 0 fully saturated rings. The van der Waals surface area contributed by atoms with Gasteiger partial charge in [-0.05, 0) is 28.3 Å². The Morgan fingerprint density at radius 1 is 0.886 bits per heavy atom. The summed E-state index contributed by atoms with van der Waals surface area (Å²) < 4.78 is 6.00. The van der Waals surface area contributed by atoms with Crippen molar-refractivity contribution in [2.45, 2.75) is 25.0 Å². The molecule has 4 radical (unpaired) electrons. The average Bonchev–Trinajstić information content (AvgIpc) is 3.20. The topological polar surface area (TPSA) is 21.6 Å². The molecule has 5 rings (SSSR count). The molecule has 0 aliphatic carbocycles. The molecule has 0 bridgehead atoms. The van der Waals surface area contributed by atoms with Crippen LogP contribution in [-0.4, -0.2) is 28.0 Å². The third kappa shape index (κ3) is 4.56. The lowest BCUT2D eigenvalue weighted by atomic mass is 9.52. The van der Waals surface area contributed by atoms with E-state index in [-0.39, 0.29) is 6.61 Å². The highest BCUT2D eigenvalue weighted by molar-refractivity contribution is 6.44. The summed E-state index contributed by atoms with van der Waals surface area (Å²) in [5.74, 6) is 1.06. The summed E-state index contributed by atoms with van der Waals surface area (Å²) in [6.07, 6.45) is 0. The predicted octanol–water partition coefficient (Wildman–Crippen LogP) is 7.18. The minimum absolute atomic E-state index is 0.149. The summed E-state index contributed by atoms with van der Waals surface area (Å²) >= 11 is 6.94. The second kappa shape index (κ2) is 9.43. The lowest BCUT2D eigenvalue weighted by molar-refractivity contribution is 0.344. The molecule has 0 aromatic heterocycles. The standard InChI is InChI=1S/C30H24B2ClNO/c1-19(2)20-13-15-21(16-14-20)24-17-25(27(33)26-29(24)35-18-30(26,31)32)34-28(22-9-5-3-6-10-22)23-11-7-4-8-12-23/h3-17,19H,18H2,1-2H3. The molecule has 0 N–H and O–H groups in total. The molecule has 1 aliphatic heterocycles. The summed E-state index contributed by atoms with van der Waals surface area (Å²) in [7, 11) is 12.9. The van der Waals surface area contributed by atoms with E-state index in [0.717, 1.165) is 28.0 Å². The normalized spacial score (nSPS) is 13.8. The number of rotatable bonds is 5. The Balaban J connectivity index is 1.75. The van der Waals surface area contributed by atoms with Gasteiger partial charge in [-0.2, -0.15) is 0 Å². The van der Waals surface area contributed by atoms with E-state index in [1.165, 1.54) is 5.56 Å². The molecule has 35 heavy (non-hydrogen) atoms. The van der Waals surface area contributed by atoms with Crippen molar-refractivity contribution < 1.29 is 4.74 Å². The highest BCUT2D eigenvalue weighted by Gasteiger charge is 2.36. The van der Waals surface area contributed by atoms with Crippen molar-refractivity contribution in [2.75, 3.05) is 6.61 Å². The van der Waals surface area contributed by atoms with Crippen molar-refractivity contribution in [3.8, 4) is 16.9 Å². The number of benzene rings is 4. The van der Waals surface area contributed by atoms with Crippen molar-refractivity contribution in [3.05, 3.63) is 118 Å². The van der Waals surface area contributed by atoms with E-state index < -0.39 is 5.21 Å². The van der Waals surface area contributed by atoms with E-state index >= 15 is 0 Å². The zero-order chi connectivity index (χ0) is 24.6. The fourth-order valence-electron chi connectivity index (χ4n) is 4.41. The zero-order valence-electron chi connectivity index (χ0n) is 19.8. The molecule has 1 aliphatic rings. The number of hydrogen-bond acceptors (Lipinski definition) is 2. The minimum Gasteiger partial charge on any atom is -0.493 e. The van der Waals surface area contributed by atoms with Gasteiger partial charge < -0.3 is 4.74 Å². The summed E-state index contributed by atoms with van der Waals surface area (Å²) in [6, 6.07) is 30.6. The fourth-order valence-corrected chi connectivity index (χ4v) is 4.77. The Labute approximate surface area is 214 Å². The van der Waals surface area contributed by atoms with Crippen LogP contribution in [0.2, 0.25) is 5.02 Å². The van der Waals surface area contributed by atoms with E-state index in [1.807, 2.05) is 66.7 Å². The summed E-state index contributed by atoms with van der Waals surface area (Å²) in [4.78, 5) is 5.09. The van der Waals surface area contributed by atoms with Gasteiger partial charge >= 0.3 is 0 Å². The molecule has 168 valence electrons. The van der Waals surface area contributed by atoms with Crippen molar-refractivity contribution in [1.82, 2.24) is 0 Å². The summed E-state index contributed by atoms with van der Waals surface area (Å²) in [5, 5.41) is -0.793. The van der Waals surface area contributed by atoms with Gasteiger partial charge in [0.25, 0.3) is 0 Å². The van der Waals surface area contributed by atoms with Crippen LogP contribution in [0.5, 0.6) is 5.75 Å². The maximum atomic E-state index is 6.94. The Morgan fingerprint density at radius 3 is 2.00 bits per heavy atom. The van der Waals surface area contributed by atoms with Crippen LogP contribution in [0.4, 0.5) is 5.69 Å². The largest absolute Gasteiger partial charge is 0.493 e. The van der Waals surface area contributed by atoms with Gasteiger partial charge in [-0.3, -0.25) is 0 Å². The molecule has 0 amide bonds. The second-order valence-electron chi connectivity index (χ2n) is 9.26. The smallest absolute Gasteiger partial charge is 0.131 e. The molecule has 4 aromatic carbocycles. The second-order valence-corrected chi connectivity index (χ2v) is 9.64. The number of fused-ring (bicyclic) bond motifs is 1. The lowest BCUT2D eigenvalue weighted by Crippen LogP contribution is -2.28. The molecule has 2 nitrogen and oxygen atoms in total. The molecule has 0 spiro atoms. The van der Waals surface area contributed by atoms with E-state index in [4.69, 9.17) is 37.0 Å². The van der Waals surface area contributed by atoms with Crippen LogP contribution in [0, 0.1) is 0 Å². The van der Waals surface area contributed by atoms with Crippen LogP contribution in [-0.2, 0) is 5.21 Å². The van der Waals surface area contributed by atoms with Gasteiger partial charge in [0, 0.05) is 22.3 Å². The van der Waals surface area contributed by atoms with Crippen LogP contribution in [0.1, 0.15) is 42.0 Å². The number of ether oxygens (including phenoxy) is 1. The summed E-state index contributed by atoms with van der Waals surface area (Å²) in [5.41, 5.74) is 7.11. The van der Waals surface area contributed by atoms with Gasteiger partial charge in [-0.1, -0.05) is 110 Å². The zero-order valence-corrected chi connectivity index (χ0v) is 20.6. The van der Waals surface area contributed by atoms with Crippen LogP contribution in [0.3, 0.4) is 0 Å². The third-order valence-corrected chi connectivity index (χ3v) is 6.72. The van der Waals surface area contributed by atoms with Crippen molar-refractivity contribution >= 4 is 38.7 Å². The monoisotopic (exact) mass is 471 g/mol. The fraction of sp³-hybridized carbons (Fsp3) is 0.167. The maximum absolute atomic E-state index is 6.94. The van der Waals surface area contributed by atoms with Gasteiger partial charge in [-0.15, -0.1) is 0 Å². The molecule has 4 aromatic rings.